The number of fused-ring (bicyclic) bond motifs is 1. The number of rotatable bonds is 3. The molecule has 0 fully saturated rings. The van der Waals surface area contributed by atoms with Gasteiger partial charge in [0.05, 0.1) is 17.0 Å². The van der Waals surface area contributed by atoms with E-state index in [0.717, 1.165) is 5.69 Å². The van der Waals surface area contributed by atoms with Crippen LogP contribution in [-0.2, 0) is 4.79 Å². The van der Waals surface area contributed by atoms with Crippen LogP contribution in [0.4, 0.5) is 0 Å². The first-order valence-corrected chi connectivity index (χ1v) is 5.31. The molecule has 0 aromatic carbocycles. The van der Waals surface area contributed by atoms with Crippen molar-refractivity contribution in [1.82, 2.24) is 19.9 Å². The molecule has 0 unspecified atom stereocenters. The van der Waals surface area contributed by atoms with Gasteiger partial charge in [-0.3, -0.25) is 9.59 Å². The fourth-order valence-electron chi connectivity index (χ4n) is 1.64. The molecule has 0 aliphatic rings. The molecule has 0 saturated heterocycles. The first-order chi connectivity index (χ1) is 8.49. The van der Waals surface area contributed by atoms with Crippen LogP contribution in [-0.4, -0.2) is 38.1 Å². The van der Waals surface area contributed by atoms with Crippen molar-refractivity contribution in [2.45, 2.75) is 13.8 Å². The second-order valence-corrected chi connectivity index (χ2v) is 3.89. The smallest absolute Gasteiger partial charge is 0.322 e. The number of aromatic nitrogens is 3. The summed E-state index contributed by atoms with van der Waals surface area (Å²) < 4.78 is 1.56. The Hall–Kier alpha value is -2.44. The third kappa shape index (κ3) is 2.15. The van der Waals surface area contributed by atoms with E-state index in [1.807, 2.05) is 6.92 Å². The van der Waals surface area contributed by atoms with Crippen LogP contribution in [0.15, 0.2) is 12.3 Å². The molecule has 0 bridgehead atoms. The third-order valence-corrected chi connectivity index (χ3v) is 2.49. The zero-order valence-electron chi connectivity index (χ0n) is 9.97. The molecule has 2 heterocycles. The van der Waals surface area contributed by atoms with Gasteiger partial charge < -0.3 is 10.4 Å². The van der Waals surface area contributed by atoms with Crippen molar-refractivity contribution in [3.05, 3.63) is 29.2 Å². The van der Waals surface area contributed by atoms with Crippen LogP contribution in [0.2, 0.25) is 0 Å². The highest BCUT2D eigenvalue weighted by Gasteiger charge is 2.14. The summed E-state index contributed by atoms with van der Waals surface area (Å²) in [4.78, 5) is 26.3. The molecule has 0 saturated carbocycles. The molecule has 2 rings (SSSR count). The number of nitrogens with zero attached hydrogens (tertiary/aromatic N) is 3. The summed E-state index contributed by atoms with van der Waals surface area (Å²) >= 11 is 0. The Bertz CT molecular complexity index is 632. The van der Waals surface area contributed by atoms with Crippen molar-refractivity contribution in [2.75, 3.05) is 6.54 Å². The predicted molar refractivity (Wildman–Crippen MR) is 62.4 cm³/mol. The predicted octanol–water partition coefficient (Wildman–Crippen LogP) is 0.161. The highest BCUT2D eigenvalue weighted by atomic mass is 16.4. The van der Waals surface area contributed by atoms with Gasteiger partial charge in [-0.1, -0.05) is 0 Å². The summed E-state index contributed by atoms with van der Waals surface area (Å²) in [5.74, 6) is -1.57. The molecule has 94 valence electrons. The zero-order valence-corrected chi connectivity index (χ0v) is 9.97. The summed E-state index contributed by atoms with van der Waals surface area (Å²) in [7, 11) is 0. The van der Waals surface area contributed by atoms with Crippen molar-refractivity contribution in [1.29, 1.82) is 0 Å². The van der Waals surface area contributed by atoms with E-state index in [1.165, 1.54) is 6.20 Å². The number of carbonyl (C=O) groups is 2. The lowest BCUT2D eigenvalue weighted by molar-refractivity contribution is -0.135. The largest absolute Gasteiger partial charge is 0.480 e. The maximum atomic E-state index is 11.8. The van der Waals surface area contributed by atoms with Crippen LogP contribution in [0.3, 0.4) is 0 Å². The third-order valence-electron chi connectivity index (χ3n) is 2.49. The number of hydrogen-bond acceptors (Lipinski definition) is 4. The lowest BCUT2D eigenvalue weighted by Gasteiger charge is -2.06. The number of nitrogens with one attached hydrogen (secondary N) is 1. The lowest BCUT2D eigenvalue weighted by atomic mass is 10.2. The van der Waals surface area contributed by atoms with E-state index in [1.54, 1.807) is 17.5 Å². The van der Waals surface area contributed by atoms with Gasteiger partial charge >= 0.3 is 5.97 Å². The van der Waals surface area contributed by atoms with Crippen LogP contribution in [0, 0.1) is 13.8 Å². The Morgan fingerprint density at radius 1 is 1.44 bits per heavy atom. The van der Waals surface area contributed by atoms with Gasteiger partial charge in [0.1, 0.15) is 6.54 Å². The molecule has 7 heteroatoms. The lowest BCUT2D eigenvalue weighted by Crippen LogP contribution is -2.30. The minimum Gasteiger partial charge on any atom is -0.480 e. The monoisotopic (exact) mass is 248 g/mol. The van der Waals surface area contributed by atoms with Crippen LogP contribution < -0.4 is 5.32 Å². The van der Waals surface area contributed by atoms with Gasteiger partial charge in [-0.05, 0) is 13.8 Å². The maximum Gasteiger partial charge on any atom is 0.322 e. The quantitative estimate of drug-likeness (QED) is 0.806. The molecule has 0 aliphatic carbocycles. The van der Waals surface area contributed by atoms with Gasteiger partial charge in [-0.15, -0.1) is 0 Å². The van der Waals surface area contributed by atoms with Gasteiger partial charge in [-0.25, -0.2) is 9.50 Å². The number of carboxylic acid groups (broad SMARTS) is 1. The van der Waals surface area contributed by atoms with Crippen molar-refractivity contribution in [3.8, 4) is 0 Å². The van der Waals surface area contributed by atoms with Crippen molar-refractivity contribution in [3.63, 3.8) is 0 Å². The van der Waals surface area contributed by atoms with E-state index in [-0.39, 0.29) is 0 Å². The molecule has 0 radical (unpaired) electrons. The second-order valence-electron chi connectivity index (χ2n) is 3.89. The summed E-state index contributed by atoms with van der Waals surface area (Å²) in [6.45, 7) is 3.14. The number of amides is 1. The first kappa shape index (κ1) is 12.0. The van der Waals surface area contributed by atoms with Crippen LogP contribution >= 0.6 is 0 Å². The summed E-state index contributed by atoms with van der Waals surface area (Å²) in [5, 5.41) is 15.0. The Morgan fingerprint density at radius 3 is 2.83 bits per heavy atom. The number of aryl methyl sites for hydroxylation is 2. The minimum atomic E-state index is -1.09. The van der Waals surface area contributed by atoms with Gasteiger partial charge in [0, 0.05) is 12.3 Å². The highest BCUT2D eigenvalue weighted by Crippen LogP contribution is 2.10. The van der Waals surface area contributed by atoms with E-state index >= 15 is 0 Å². The zero-order chi connectivity index (χ0) is 13.3. The minimum absolute atomic E-state index is 0.312. The van der Waals surface area contributed by atoms with E-state index in [0.29, 0.717) is 16.9 Å². The second kappa shape index (κ2) is 4.44. The summed E-state index contributed by atoms with van der Waals surface area (Å²) in [6.07, 6.45) is 1.42. The molecule has 2 aromatic rings. The van der Waals surface area contributed by atoms with E-state index in [4.69, 9.17) is 5.11 Å². The Kier molecular flexibility index (Phi) is 2.97. The molecule has 2 N–H and O–H groups in total. The standard InChI is InChI=1S/C11H12N4O3/c1-6-3-9-12-4-8(7(2)15(9)14-6)11(18)13-5-10(16)17/h3-4H,5H2,1-2H3,(H,13,18)(H,16,17). The van der Waals surface area contributed by atoms with Crippen LogP contribution in [0.25, 0.3) is 5.65 Å². The SMILES string of the molecule is Cc1cc2ncc(C(=O)NCC(=O)O)c(C)n2n1. The van der Waals surface area contributed by atoms with E-state index < -0.39 is 18.4 Å². The molecule has 1 amide bonds. The first-order valence-electron chi connectivity index (χ1n) is 5.31. The number of carbonyl (C=O) groups excluding carboxylic acids is 1. The molecule has 7 nitrogen and oxygen atoms in total. The van der Waals surface area contributed by atoms with Crippen molar-refractivity contribution < 1.29 is 14.7 Å². The van der Waals surface area contributed by atoms with Crippen LogP contribution in [0.1, 0.15) is 21.7 Å². The topological polar surface area (TPSA) is 96.6 Å². The number of carboxylic acids is 1. The average molecular weight is 248 g/mol. The molecular formula is C11H12N4O3. The Balaban J connectivity index is 2.36. The Morgan fingerprint density at radius 2 is 2.17 bits per heavy atom. The van der Waals surface area contributed by atoms with Gasteiger partial charge in [0.25, 0.3) is 5.91 Å². The number of aliphatic carboxylic acids is 1. The molecule has 0 spiro atoms. The van der Waals surface area contributed by atoms with Crippen LogP contribution in [0.5, 0.6) is 0 Å². The normalized spacial score (nSPS) is 10.6. The Labute approximate surface area is 102 Å². The van der Waals surface area contributed by atoms with Crippen molar-refractivity contribution >= 4 is 17.5 Å². The molecule has 2 aromatic heterocycles. The van der Waals surface area contributed by atoms with E-state index in [9.17, 15) is 9.59 Å². The molecular weight excluding hydrogens is 236 g/mol. The fourth-order valence-corrected chi connectivity index (χ4v) is 1.64. The van der Waals surface area contributed by atoms with Gasteiger partial charge in [0.15, 0.2) is 5.65 Å². The molecule has 0 atom stereocenters. The molecule has 0 aliphatic heterocycles. The number of hydrogen-bond donors (Lipinski definition) is 2. The van der Waals surface area contributed by atoms with Gasteiger partial charge in [0.2, 0.25) is 0 Å². The van der Waals surface area contributed by atoms with Crippen molar-refractivity contribution in [2.24, 2.45) is 0 Å². The average Bonchev–Trinajstić information content (AvgIpc) is 2.68. The fraction of sp³-hybridized carbons (Fsp3) is 0.273. The van der Waals surface area contributed by atoms with Gasteiger partial charge in [-0.2, -0.15) is 5.10 Å². The summed E-state index contributed by atoms with van der Waals surface area (Å²) in [6, 6.07) is 1.80. The highest BCUT2D eigenvalue weighted by molar-refractivity contribution is 5.96. The summed E-state index contributed by atoms with van der Waals surface area (Å²) in [5.41, 5.74) is 2.39. The maximum absolute atomic E-state index is 11.8. The molecule has 18 heavy (non-hydrogen) atoms. The van der Waals surface area contributed by atoms with E-state index in [2.05, 4.69) is 15.4 Å².